The van der Waals surface area contributed by atoms with E-state index in [1.165, 1.54) is 10.8 Å². The second-order valence-electron chi connectivity index (χ2n) is 6.11. The van der Waals surface area contributed by atoms with Crippen molar-refractivity contribution in [3.05, 3.63) is 53.2 Å². The molecule has 3 aromatic rings. The van der Waals surface area contributed by atoms with E-state index in [2.05, 4.69) is 22.0 Å². The van der Waals surface area contributed by atoms with Crippen molar-refractivity contribution in [2.45, 2.75) is 25.4 Å². The molecule has 0 radical (unpaired) electrons. The Morgan fingerprint density at radius 3 is 2.83 bits per heavy atom. The first-order valence-corrected chi connectivity index (χ1v) is 7.93. The molecule has 6 nitrogen and oxygen atoms in total. The molecule has 0 unspecified atom stereocenters. The van der Waals surface area contributed by atoms with Crippen molar-refractivity contribution in [1.82, 2.24) is 24.1 Å². The monoisotopic (exact) mass is 309 g/mol. The van der Waals surface area contributed by atoms with Crippen molar-refractivity contribution in [2.75, 3.05) is 13.6 Å². The van der Waals surface area contributed by atoms with Gasteiger partial charge in [-0.1, -0.05) is 30.3 Å². The fourth-order valence-corrected chi connectivity index (χ4v) is 3.22. The molecule has 4 rings (SSSR count). The number of nitrogens with zero attached hydrogens (tertiary/aromatic N) is 5. The van der Waals surface area contributed by atoms with Gasteiger partial charge in [-0.2, -0.15) is 0 Å². The molecule has 0 aliphatic carbocycles. The van der Waals surface area contributed by atoms with Crippen LogP contribution in [0.1, 0.15) is 12.8 Å². The van der Waals surface area contributed by atoms with E-state index in [4.69, 9.17) is 0 Å². The number of aromatic nitrogens is 4. The summed E-state index contributed by atoms with van der Waals surface area (Å²) in [5.74, 6) is 0. The maximum Gasteiger partial charge on any atom is 0.351 e. The summed E-state index contributed by atoms with van der Waals surface area (Å²) in [5.41, 5.74) is 2.37. The first-order valence-electron chi connectivity index (χ1n) is 7.93. The van der Waals surface area contributed by atoms with Crippen LogP contribution in [-0.2, 0) is 6.54 Å². The zero-order valence-electron chi connectivity index (χ0n) is 13.1. The molecule has 1 aliphatic heterocycles. The van der Waals surface area contributed by atoms with Gasteiger partial charge < -0.3 is 4.90 Å². The number of hydrogen-bond donors (Lipinski definition) is 0. The van der Waals surface area contributed by atoms with E-state index in [9.17, 15) is 4.79 Å². The quantitative estimate of drug-likeness (QED) is 0.738. The third-order valence-corrected chi connectivity index (χ3v) is 4.60. The first kappa shape index (κ1) is 14.1. The van der Waals surface area contributed by atoms with Crippen LogP contribution in [0, 0.1) is 0 Å². The average Bonchev–Trinajstić information content (AvgIpc) is 3.12. The molecule has 1 saturated heterocycles. The fourth-order valence-electron chi connectivity index (χ4n) is 3.22. The van der Waals surface area contributed by atoms with Gasteiger partial charge in [-0.05, 0) is 26.4 Å². The van der Waals surface area contributed by atoms with E-state index < -0.39 is 0 Å². The summed E-state index contributed by atoms with van der Waals surface area (Å²) in [6, 6.07) is 12.2. The Morgan fingerprint density at radius 2 is 2.09 bits per heavy atom. The van der Waals surface area contributed by atoms with Gasteiger partial charge in [0.25, 0.3) is 0 Å². The van der Waals surface area contributed by atoms with Gasteiger partial charge in [-0.25, -0.2) is 18.9 Å². The van der Waals surface area contributed by atoms with Crippen molar-refractivity contribution < 1.29 is 0 Å². The Morgan fingerprint density at radius 1 is 1.26 bits per heavy atom. The Hall–Kier alpha value is -2.47. The highest BCUT2D eigenvalue weighted by atomic mass is 16.2. The minimum Gasteiger partial charge on any atom is -0.302 e. The Bertz CT molecular complexity index is 883. The molecule has 23 heavy (non-hydrogen) atoms. The Kier molecular flexibility index (Phi) is 3.46. The van der Waals surface area contributed by atoms with Crippen LogP contribution in [0.15, 0.2) is 47.5 Å². The van der Waals surface area contributed by atoms with Crippen molar-refractivity contribution in [1.29, 1.82) is 0 Å². The molecule has 1 aliphatic rings. The summed E-state index contributed by atoms with van der Waals surface area (Å²) < 4.78 is 3.08. The van der Waals surface area contributed by atoms with E-state index in [0.717, 1.165) is 24.2 Å². The third kappa shape index (κ3) is 2.55. The van der Waals surface area contributed by atoms with Crippen LogP contribution in [-0.4, -0.2) is 43.7 Å². The highest BCUT2D eigenvalue weighted by Gasteiger charge is 2.22. The van der Waals surface area contributed by atoms with E-state index in [1.807, 2.05) is 36.4 Å². The van der Waals surface area contributed by atoms with E-state index >= 15 is 0 Å². The molecule has 0 bridgehead atoms. The highest BCUT2D eigenvalue weighted by Crippen LogP contribution is 2.18. The van der Waals surface area contributed by atoms with Gasteiger partial charge >= 0.3 is 5.69 Å². The summed E-state index contributed by atoms with van der Waals surface area (Å²) in [5, 5.41) is 4.50. The lowest BCUT2D eigenvalue weighted by Gasteiger charge is -2.18. The molecule has 1 aromatic carbocycles. The van der Waals surface area contributed by atoms with Crippen molar-refractivity contribution in [2.24, 2.45) is 0 Å². The van der Waals surface area contributed by atoms with Crippen molar-refractivity contribution in [3.8, 4) is 11.3 Å². The summed E-state index contributed by atoms with van der Waals surface area (Å²) in [6.07, 6.45) is 3.87. The molecule has 1 fully saturated rings. The molecule has 6 heteroatoms. The summed E-state index contributed by atoms with van der Waals surface area (Å²) in [4.78, 5) is 19.2. The molecular formula is C17H19N5O. The lowest BCUT2D eigenvalue weighted by molar-refractivity contribution is 0.272. The van der Waals surface area contributed by atoms with Gasteiger partial charge in [0.15, 0.2) is 5.65 Å². The molecule has 1 atom stereocenters. The van der Waals surface area contributed by atoms with Gasteiger partial charge in [0.05, 0.1) is 12.2 Å². The van der Waals surface area contributed by atoms with Crippen molar-refractivity contribution in [3.63, 3.8) is 0 Å². The first-order chi connectivity index (χ1) is 11.2. The smallest absolute Gasteiger partial charge is 0.302 e. The summed E-state index contributed by atoms with van der Waals surface area (Å²) >= 11 is 0. The minimum absolute atomic E-state index is 0.118. The third-order valence-electron chi connectivity index (χ3n) is 4.60. The van der Waals surface area contributed by atoms with Gasteiger partial charge in [-0.15, -0.1) is 5.10 Å². The molecule has 0 spiro atoms. The molecule has 3 heterocycles. The van der Waals surface area contributed by atoms with Crippen LogP contribution in [0.5, 0.6) is 0 Å². The number of likely N-dealkylation sites (N-methyl/N-ethyl adjacent to an activating group) is 1. The molecule has 0 amide bonds. The number of rotatable bonds is 3. The maximum atomic E-state index is 12.5. The normalized spacial score (nSPS) is 18.7. The average molecular weight is 309 g/mol. The van der Waals surface area contributed by atoms with Crippen LogP contribution in [0.4, 0.5) is 0 Å². The molecular weight excluding hydrogens is 290 g/mol. The zero-order chi connectivity index (χ0) is 15.8. The Labute approximate surface area is 134 Å². The van der Waals surface area contributed by atoms with Gasteiger partial charge in [0, 0.05) is 17.7 Å². The number of fused-ring (bicyclic) bond motifs is 1. The van der Waals surface area contributed by atoms with Crippen LogP contribution in [0.3, 0.4) is 0 Å². The summed E-state index contributed by atoms with van der Waals surface area (Å²) in [7, 11) is 2.10. The second kappa shape index (κ2) is 5.62. The lowest BCUT2D eigenvalue weighted by atomic mass is 10.1. The van der Waals surface area contributed by atoms with Crippen LogP contribution in [0.2, 0.25) is 0 Å². The number of hydrogen-bond acceptors (Lipinski definition) is 4. The molecule has 0 N–H and O–H groups in total. The van der Waals surface area contributed by atoms with Gasteiger partial charge in [-0.3, -0.25) is 0 Å². The van der Waals surface area contributed by atoms with Crippen LogP contribution < -0.4 is 5.69 Å². The number of benzene rings is 1. The van der Waals surface area contributed by atoms with Gasteiger partial charge in [0.1, 0.15) is 6.33 Å². The predicted octanol–water partition coefficient (Wildman–Crippen LogP) is 1.65. The topological polar surface area (TPSA) is 55.4 Å². The van der Waals surface area contributed by atoms with Gasteiger partial charge in [0.2, 0.25) is 0 Å². The zero-order valence-corrected chi connectivity index (χ0v) is 13.1. The minimum atomic E-state index is -0.118. The standard InChI is InChI=1S/C17H19N5O/c1-20-9-5-8-14(20)11-22-17(23)21-12-18-15(10-16(21)19-22)13-6-3-2-4-7-13/h2-4,6-7,10,12,14H,5,8-9,11H2,1H3/t14-/m0/s1. The SMILES string of the molecule is CN1CCC[C@H]1Cn1nc2cc(-c3ccccc3)ncn2c1=O. The lowest BCUT2D eigenvalue weighted by Crippen LogP contribution is -2.34. The van der Waals surface area contributed by atoms with Crippen LogP contribution in [0.25, 0.3) is 16.9 Å². The molecule has 118 valence electrons. The Balaban J connectivity index is 1.71. The largest absolute Gasteiger partial charge is 0.351 e. The molecule has 0 saturated carbocycles. The maximum absolute atomic E-state index is 12.5. The van der Waals surface area contributed by atoms with E-state index in [1.54, 1.807) is 11.0 Å². The van der Waals surface area contributed by atoms with E-state index in [0.29, 0.717) is 18.2 Å². The fraction of sp³-hybridized carbons (Fsp3) is 0.353. The number of likely N-dealkylation sites (tertiary alicyclic amines) is 1. The van der Waals surface area contributed by atoms with Crippen LogP contribution >= 0.6 is 0 Å². The van der Waals surface area contributed by atoms with Crippen molar-refractivity contribution >= 4 is 5.65 Å². The molecule has 2 aromatic heterocycles. The highest BCUT2D eigenvalue weighted by molar-refractivity contribution is 5.62. The predicted molar refractivity (Wildman–Crippen MR) is 88.3 cm³/mol. The second-order valence-corrected chi connectivity index (χ2v) is 6.11. The summed E-state index contributed by atoms with van der Waals surface area (Å²) in [6.45, 7) is 1.73. The van der Waals surface area contributed by atoms with E-state index in [-0.39, 0.29) is 5.69 Å².